The van der Waals surface area contributed by atoms with Gasteiger partial charge in [-0.15, -0.1) is 0 Å². The average molecular weight is 242 g/mol. The predicted octanol–water partition coefficient (Wildman–Crippen LogP) is 2.72. The Balaban J connectivity index is 2.15. The lowest BCUT2D eigenvalue weighted by Crippen LogP contribution is -2.18. The Morgan fingerprint density at radius 1 is 1.28 bits per heavy atom. The topological polar surface area (TPSA) is 48.1 Å². The molecule has 18 heavy (non-hydrogen) atoms. The Labute approximate surface area is 108 Å². The Bertz CT molecular complexity index is 485. The number of nitrogens with zero attached hydrogens (tertiary/aromatic N) is 1. The molecule has 0 fully saturated rings. The smallest absolute Gasteiger partial charge is 0.137 e. The van der Waals surface area contributed by atoms with E-state index in [1.807, 2.05) is 24.3 Å². The summed E-state index contributed by atoms with van der Waals surface area (Å²) in [6.07, 6.45) is 4.39. The summed E-state index contributed by atoms with van der Waals surface area (Å²) in [5, 5.41) is 0. The standard InChI is InChI=1S/C15H18N2O/c1-2-12-5-3-7-14(9-12)18-15(10-16)13-6-4-8-17-11-13/h3-9,11,15H,2,10,16H2,1H3. The number of hydrogen-bond acceptors (Lipinski definition) is 3. The summed E-state index contributed by atoms with van der Waals surface area (Å²) >= 11 is 0. The van der Waals surface area contributed by atoms with Crippen LogP contribution in [0.2, 0.25) is 0 Å². The summed E-state index contributed by atoms with van der Waals surface area (Å²) < 4.78 is 5.93. The lowest BCUT2D eigenvalue weighted by Gasteiger charge is -2.17. The fourth-order valence-corrected chi connectivity index (χ4v) is 1.82. The predicted molar refractivity (Wildman–Crippen MR) is 72.5 cm³/mol. The molecule has 3 nitrogen and oxygen atoms in total. The zero-order valence-electron chi connectivity index (χ0n) is 10.5. The van der Waals surface area contributed by atoms with Crippen LogP contribution in [0.5, 0.6) is 5.75 Å². The Morgan fingerprint density at radius 3 is 2.83 bits per heavy atom. The Hall–Kier alpha value is -1.87. The monoisotopic (exact) mass is 242 g/mol. The maximum Gasteiger partial charge on any atom is 0.137 e. The third kappa shape index (κ3) is 3.08. The van der Waals surface area contributed by atoms with Gasteiger partial charge in [-0.1, -0.05) is 25.1 Å². The van der Waals surface area contributed by atoms with E-state index in [9.17, 15) is 0 Å². The highest BCUT2D eigenvalue weighted by atomic mass is 16.5. The molecule has 0 saturated carbocycles. The largest absolute Gasteiger partial charge is 0.484 e. The van der Waals surface area contributed by atoms with E-state index >= 15 is 0 Å². The molecule has 1 heterocycles. The lowest BCUT2D eigenvalue weighted by atomic mass is 10.1. The molecule has 0 bridgehead atoms. The van der Waals surface area contributed by atoms with Crippen molar-refractivity contribution in [3.63, 3.8) is 0 Å². The minimum Gasteiger partial charge on any atom is -0.484 e. The van der Waals surface area contributed by atoms with Gasteiger partial charge in [0, 0.05) is 24.5 Å². The van der Waals surface area contributed by atoms with Gasteiger partial charge in [-0.05, 0) is 30.2 Å². The van der Waals surface area contributed by atoms with E-state index in [1.54, 1.807) is 12.4 Å². The van der Waals surface area contributed by atoms with E-state index in [2.05, 4.69) is 24.0 Å². The fraction of sp³-hybridized carbons (Fsp3) is 0.267. The van der Waals surface area contributed by atoms with E-state index in [-0.39, 0.29) is 6.10 Å². The van der Waals surface area contributed by atoms with Crippen molar-refractivity contribution in [3.8, 4) is 5.75 Å². The Kier molecular flexibility index (Phi) is 4.31. The molecule has 94 valence electrons. The molecule has 2 rings (SSSR count). The van der Waals surface area contributed by atoms with Crippen LogP contribution in [-0.4, -0.2) is 11.5 Å². The van der Waals surface area contributed by atoms with Crippen LogP contribution in [0, 0.1) is 0 Å². The first-order valence-electron chi connectivity index (χ1n) is 6.19. The summed E-state index contributed by atoms with van der Waals surface area (Å²) in [5.41, 5.74) is 8.03. The van der Waals surface area contributed by atoms with Gasteiger partial charge in [-0.2, -0.15) is 0 Å². The van der Waals surface area contributed by atoms with Gasteiger partial charge in [0.15, 0.2) is 0 Å². The molecule has 1 aromatic carbocycles. The number of aryl methyl sites for hydroxylation is 1. The number of rotatable bonds is 5. The molecule has 0 amide bonds. The van der Waals surface area contributed by atoms with Gasteiger partial charge in [0.25, 0.3) is 0 Å². The molecule has 0 aliphatic rings. The number of ether oxygens (including phenoxy) is 1. The second kappa shape index (κ2) is 6.17. The number of pyridine rings is 1. The highest BCUT2D eigenvalue weighted by Gasteiger charge is 2.11. The van der Waals surface area contributed by atoms with Crippen molar-refractivity contribution in [2.45, 2.75) is 19.4 Å². The first-order chi connectivity index (χ1) is 8.83. The van der Waals surface area contributed by atoms with Crippen molar-refractivity contribution >= 4 is 0 Å². The first-order valence-corrected chi connectivity index (χ1v) is 6.19. The number of benzene rings is 1. The van der Waals surface area contributed by atoms with E-state index < -0.39 is 0 Å². The number of nitrogens with two attached hydrogens (primary N) is 1. The van der Waals surface area contributed by atoms with Crippen LogP contribution in [0.25, 0.3) is 0 Å². The number of aromatic nitrogens is 1. The number of hydrogen-bond donors (Lipinski definition) is 1. The van der Waals surface area contributed by atoms with Gasteiger partial charge in [-0.3, -0.25) is 4.98 Å². The first kappa shape index (κ1) is 12.6. The van der Waals surface area contributed by atoms with Gasteiger partial charge in [-0.25, -0.2) is 0 Å². The third-order valence-electron chi connectivity index (χ3n) is 2.86. The van der Waals surface area contributed by atoms with E-state index in [0.29, 0.717) is 6.54 Å². The summed E-state index contributed by atoms with van der Waals surface area (Å²) in [7, 11) is 0. The minimum absolute atomic E-state index is 0.147. The molecular formula is C15H18N2O. The van der Waals surface area contributed by atoms with Crippen LogP contribution in [0.15, 0.2) is 48.8 Å². The second-order valence-corrected chi connectivity index (χ2v) is 4.13. The normalized spacial score (nSPS) is 12.1. The maximum absolute atomic E-state index is 5.93. The SMILES string of the molecule is CCc1cccc(OC(CN)c2cccnc2)c1. The van der Waals surface area contributed by atoms with Gasteiger partial charge < -0.3 is 10.5 Å². The van der Waals surface area contributed by atoms with Crippen LogP contribution >= 0.6 is 0 Å². The van der Waals surface area contributed by atoms with Crippen molar-refractivity contribution in [2.24, 2.45) is 5.73 Å². The van der Waals surface area contributed by atoms with Crippen molar-refractivity contribution in [1.82, 2.24) is 4.98 Å². The molecule has 1 atom stereocenters. The molecule has 0 aliphatic carbocycles. The summed E-state index contributed by atoms with van der Waals surface area (Å²) in [6.45, 7) is 2.56. The van der Waals surface area contributed by atoms with Crippen LogP contribution < -0.4 is 10.5 Å². The molecular weight excluding hydrogens is 224 g/mol. The lowest BCUT2D eigenvalue weighted by molar-refractivity contribution is 0.213. The van der Waals surface area contributed by atoms with Crippen molar-refractivity contribution in [3.05, 3.63) is 59.9 Å². The molecule has 1 unspecified atom stereocenters. The van der Waals surface area contributed by atoms with Gasteiger partial charge in [0.05, 0.1) is 0 Å². The molecule has 0 spiro atoms. The van der Waals surface area contributed by atoms with Crippen LogP contribution in [0.3, 0.4) is 0 Å². The van der Waals surface area contributed by atoms with Gasteiger partial charge >= 0.3 is 0 Å². The molecule has 0 radical (unpaired) electrons. The highest BCUT2D eigenvalue weighted by Crippen LogP contribution is 2.21. The van der Waals surface area contributed by atoms with Crippen molar-refractivity contribution in [1.29, 1.82) is 0 Å². The molecule has 2 N–H and O–H groups in total. The van der Waals surface area contributed by atoms with Crippen LogP contribution in [0.1, 0.15) is 24.2 Å². The molecule has 0 saturated heterocycles. The molecule has 1 aromatic heterocycles. The van der Waals surface area contributed by atoms with E-state index in [4.69, 9.17) is 10.5 Å². The fourth-order valence-electron chi connectivity index (χ4n) is 1.82. The summed E-state index contributed by atoms with van der Waals surface area (Å²) in [5.74, 6) is 0.855. The van der Waals surface area contributed by atoms with Crippen molar-refractivity contribution in [2.75, 3.05) is 6.54 Å². The van der Waals surface area contributed by atoms with Gasteiger partial charge in [0.2, 0.25) is 0 Å². The summed E-state index contributed by atoms with van der Waals surface area (Å²) in [4.78, 5) is 4.09. The Morgan fingerprint density at radius 2 is 2.17 bits per heavy atom. The second-order valence-electron chi connectivity index (χ2n) is 4.13. The van der Waals surface area contributed by atoms with Crippen LogP contribution in [0.4, 0.5) is 0 Å². The highest BCUT2D eigenvalue weighted by molar-refractivity contribution is 5.29. The zero-order chi connectivity index (χ0) is 12.8. The maximum atomic E-state index is 5.93. The summed E-state index contributed by atoms with van der Waals surface area (Å²) in [6, 6.07) is 12.0. The molecule has 0 aliphatic heterocycles. The molecule has 3 heteroatoms. The average Bonchev–Trinajstić information content (AvgIpc) is 2.46. The van der Waals surface area contributed by atoms with Crippen LogP contribution in [-0.2, 0) is 6.42 Å². The quantitative estimate of drug-likeness (QED) is 0.877. The zero-order valence-corrected chi connectivity index (χ0v) is 10.5. The minimum atomic E-state index is -0.147. The van der Waals surface area contributed by atoms with E-state index in [1.165, 1.54) is 5.56 Å². The van der Waals surface area contributed by atoms with Gasteiger partial charge in [0.1, 0.15) is 11.9 Å². The van der Waals surface area contributed by atoms with Crippen molar-refractivity contribution < 1.29 is 4.74 Å². The third-order valence-corrected chi connectivity index (χ3v) is 2.86. The molecule has 2 aromatic rings. The van der Waals surface area contributed by atoms with E-state index in [0.717, 1.165) is 17.7 Å².